The largest absolute Gasteiger partial charge is 0.222 e. The van der Waals surface area contributed by atoms with E-state index in [1.165, 1.54) is 81.2 Å². The number of pyridine rings is 1. The first kappa shape index (κ1) is 30.2. The normalized spacial score (nSPS) is 13.8. The lowest BCUT2D eigenvalue weighted by molar-refractivity contribution is -0.659. The molecule has 0 atom stereocenters. The predicted molar refractivity (Wildman–Crippen MR) is 189 cm³/mol. The molecule has 0 radical (unpaired) electrons. The minimum atomic E-state index is 0.179. The van der Waals surface area contributed by atoms with Gasteiger partial charge in [-0.3, -0.25) is 0 Å². The van der Waals surface area contributed by atoms with Crippen molar-refractivity contribution in [1.29, 1.82) is 0 Å². The lowest BCUT2D eigenvalue weighted by Gasteiger charge is -2.29. The molecule has 0 amide bonds. The summed E-state index contributed by atoms with van der Waals surface area (Å²) >= 11 is 2.02. The van der Waals surface area contributed by atoms with Gasteiger partial charge in [-0.05, 0) is 105 Å². The number of hydrogen-bond donors (Lipinski definition) is 0. The second-order valence-corrected chi connectivity index (χ2v) is 18.0. The second-order valence-electron chi connectivity index (χ2n) is 16.9. The third-order valence-corrected chi connectivity index (χ3v) is 10.1. The first-order valence-electron chi connectivity index (χ1n) is 16.1. The monoisotopic (exact) mass is 588 g/mol. The zero-order valence-corrected chi connectivity index (χ0v) is 29.4. The van der Waals surface area contributed by atoms with E-state index in [0.29, 0.717) is 0 Å². The highest BCUT2D eigenvalue weighted by Crippen LogP contribution is 2.54. The Labute approximate surface area is 264 Å². The van der Waals surface area contributed by atoms with E-state index in [1.807, 2.05) is 11.8 Å². The first-order chi connectivity index (χ1) is 19.9. The van der Waals surface area contributed by atoms with Crippen LogP contribution in [0.25, 0.3) is 43.6 Å². The lowest BCUT2D eigenvalue weighted by Crippen LogP contribution is -2.32. The molecule has 0 saturated carbocycles. The van der Waals surface area contributed by atoms with Crippen LogP contribution in [0.3, 0.4) is 0 Å². The van der Waals surface area contributed by atoms with E-state index in [9.17, 15) is 0 Å². The summed E-state index contributed by atoms with van der Waals surface area (Å²) in [5.41, 5.74) is 10.7. The van der Waals surface area contributed by atoms with Crippen LogP contribution in [0.4, 0.5) is 0 Å². The van der Waals surface area contributed by atoms with E-state index in [2.05, 4.69) is 136 Å². The van der Waals surface area contributed by atoms with Gasteiger partial charge in [-0.2, -0.15) is 0 Å². The molecule has 1 nitrogen and oxygen atoms in total. The number of fused-ring (bicyclic) bond motifs is 5. The molecule has 0 bridgehead atoms. The summed E-state index contributed by atoms with van der Waals surface area (Å²) in [5.74, 6) is 0. The first-order valence-corrected chi connectivity index (χ1v) is 16.9. The van der Waals surface area contributed by atoms with Gasteiger partial charge in [0.25, 0.3) is 0 Å². The Morgan fingerprint density at radius 3 is 1.91 bits per heavy atom. The summed E-state index contributed by atoms with van der Waals surface area (Å²) < 4.78 is 2.39. The van der Waals surface area contributed by atoms with E-state index in [-0.39, 0.29) is 16.2 Å². The van der Waals surface area contributed by atoms with E-state index in [0.717, 1.165) is 19.3 Å². The Kier molecular flexibility index (Phi) is 7.09. The molecular weight excluding hydrogens is 539 g/mol. The molecule has 1 aliphatic heterocycles. The van der Waals surface area contributed by atoms with Gasteiger partial charge in [-0.1, -0.05) is 104 Å². The SMILES string of the molecule is Cc1c2c(c(CC(C)(C)C)c3ccc(CC(C)(C)C)cc13)Sc1cc3c(C)cc(CC(C)(C)C)cc3c3cc[n+](C)c-2c13. The van der Waals surface area contributed by atoms with E-state index in [1.54, 1.807) is 0 Å². The molecule has 224 valence electrons. The molecule has 2 heterocycles. The fourth-order valence-electron chi connectivity index (χ4n) is 7.39. The van der Waals surface area contributed by atoms with Gasteiger partial charge < -0.3 is 0 Å². The van der Waals surface area contributed by atoms with E-state index < -0.39 is 0 Å². The molecule has 43 heavy (non-hydrogen) atoms. The summed E-state index contributed by atoms with van der Waals surface area (Å²) in [4.78, 5) is 2.85. The van der Waals surface area contributed by atoms with Crippen molar-refractivity contribution in [3.8, 4) is 11.3 Å². The Morgan fingerprint density at radius 2 is 1.26 bits per heavy atom. The summed E-state index contributed by atoms with van der Waals surface area (Å²) in [6.07, 6.45) is 5.51. The van der Waals surface area contributed by atoms with Gasteiger partial charge >= 0.3 is 0 Å². The summed E-state index contributed by atoms with van der Waals surface area (Å²) in [6, 6.07) is 17.1. The third kappa shape index (κ3) is 5.61. The van der Waals surface area contributed by atoms with E-state index >= 15 is 0 Å². The molecule has 6 rings (SSSR count). The van der Waals surface area contributed by atoms with Crippen LogP contribution < -0.4 is 4.57 Å². The molecule has 5 aromatic rings. The Morgan fingerprint density at radius 1 is 0.628 bits per heavy atom. The van der Waals surface area contributed by atoms with Gasteiger partial charge in [-0.25, -0.2) is 4.57 Å². The topological polar surface area (TPSA) is 3.88 Å². The fourth-order valence-corrected chi connectivity index (χ4v) is 8.75. The molecule has 0 N–H and O–H groups in total. The van der Waals surface area contributed by atoms with Crippen molar-refractivity contribution in [2.24, 2.45) is 23.3 Å². The van der Waals surface area contributed by atoms with Crippen molar-refractivity contribution in [2.75, 3.05) is 0 Å². The van der Waals surface area contributed by atoms with Crippen molar-refractivity contribution in [2.45, 2.75) is 105 Å². The zero-order valence-electron chi connectivity index (χ0n) is 28.6. The number of benzene rings is 4. The molecular formula is C41H50NS+. The highest BCUT2D eigenvalue weighted by Gasteiger charge is 2.33. The fraction of sp³-hybridized carbons (Fsp3) is 0.439. The Bertz CT molecular complexity index is 1940. The lowest BCUT2D eigenvalue weighted by atomic mass is 9.81. The van der Waals surface area contributed by atoms with Crippen molar-refractivity contribution in [1.82, 2.24) is 0 Å². The smallest absolute Gasteiger partial charge is 0.200 e. The number of hydrogen-bond acceptors (Lipinski definition) is 1. The van der Waals surface area contributed by atoms with Crippen LogP contribution in [0.2, 0.25) is 0 Å². The molecule has 2 heteroatoms. The van der Waals surface area contributed by atoms with Crippen LogP contribution in [0.1, 0.15) is 90.1 Å². The summed E-state index contributed by atoms with van der Waals surface area (Å²) in [7, 11) is 2.24. The van der Waals surface area contributed by atoms with Crippen molar-refractivity contribution in [3.63, 3.8) is 0 Å². The van der Waals surface area contributed by atoms with Gasteiger partial charge in [0.2, 0.25) is 5.69 Å². The molecule has 1 aromatic heterocycles. The van der Waals surface area contributed by atoms with Gasteiger partial charge in [0, 0.05) is 21.2 Å². The Balaban J connectivity index is 1.72. The summed E-state index contributed by atoms with van der Waals surface area (Å²) in [5, 5.41) is 8.43. The summed E-state index contributed by atoms with van der Waals surface area (Å²) in [6.45, 7) is 25.9. The van der Waals surface area contributed by atoms with Crippen molar-refractivity contribution in [3.05, 3.63) is 76.5 Å². The maximum Gasteiger partial charge on any atom is 0.222 e. The predicted octanol–water partition coefficient (Wildman–Crippen LogP) is 11.5. The molecule has 0 spiro atoms. The van der Waals surface area contributed by atoms with Crippen LogP contribution in [-0.2, 0) is 26.3 Å². The van der Waals surface area contributed by atoms with Gasteiger partial charge in [0.1, 0.15) is 7.05 Å². The molecule has 0 aliphatic carbocycles. The van der Waals surface area contributed by atoms with Gasteiger partial charge in [0.05, 0.1) is 10.9 Å². The molecule has 0 saturated heterocycles. The molecule has 0 fully saturated rings. The molecule has 1 aliphatic rings. The average Bonchev–Trinajstić information content (AvgIpc) is 2.85. The van der Waals surface area contributed by atoms with Crippen LogP contribution >= 0.6 is 11.8 Å². The van der Waals surface area contributed by atoms with Crippen molar-refractivity contribution >= 4 is 44.1 Å². The highest BCUT2D eigenvalue weighted by atomic mass is 32.2. The number of aromatic nitrogens is 1. The number of rotatable bonds is 3. The maximum atomic E-state index is 2.51. The minimum Gasteiger partial charge on any atom is -0.200 e. The van der Waals surface area contributed by atoms with Crippen LogP contribution in [-0.4, -0.2) is 0 Å². The standard InChI is InChI=1S/C41H50NS/c1-24-17-27(22-40(6,7)8)19-32-29-15-16-42(12)37-35-25(2)31-18-26(21-39(3,4)5)13-14-28(31)33(23-41(9,10)11)38(35)43-34(36(29)37)20-30(24)32/h13-20H,21-23H2,1-12H3/q+1. The van der Waals surface area contributed by atoms with Gasteiger partial charge in [-0.15, -0.1) is 0 Å². The van der Waals surface area contributed by atoms with Crippen LogP contribution in [0.5, 0.6) is 0 Å². The van der Waals surface area contributed by atoms with Crippen LogP contribution in [0.15, 0.2) is 58.5 Å². The van der Waals surface area contributed by atoms with E-state index in [4.69, 9.17) is 0 Å². The minimum absolute atomic E-state index is 0.179. The maximum absolute atomic E-state index is 2.51. The van der Waals surface area contributed by atoms with Crippen molar-refractivity contribution < 1.29 is 4.57 Å². The number of aryl methyl sites for hydroxylation is 3. The zero-order chi connectivity index (χ0) is 31.2. The van der Waals surface area contributed by atoms with Crippen LogP contribution in [0, 0.1) is 30.1 Å². The Hall–Kier alpha value is -2.84. The average molecular weight is 589 g/mol. The number of nitrogens with zero attached hydrogens (tertiary/aromatic N) is 1. The quantitative estimate of drug-likeness (QED) is 0.147. The molecule has 0 unspecified atom stereocenters. The molecule has 4 aromatic carbocycles. The second kappa shape index (κ2) is 10.1. The third-order valence-electron chi connectivity index (χ3n) is 8.90. The highest BCUT2D eigenvalue weighted by molar-refractivity contribution is 8.00. The van der Waals surface area contributed by atoms with Gasteiger partial charge in [0.15, 0.2) is 6.20 Å².